The maximum absolute atomic E-state index is 11.9. The van der Waals surface area contributed by atoms with Gasteiger partial charge in [0.05, 0.1) is 6.10 Å². The molecule has 1 heterocycles. The van der Waals surface area contributed by atoms with Gasteiger partial charge in [-0.25, -0.2) is 0 Å². The van der Waals surface area contributed by atoms with Crippen molar-refractivity contribution in [3.05, 3.63) is 64.7 Å². The van der Waals surface area contributed by atoms with Crippen LogP contribution in [-0.4, -0.2) is 49.0 Å². The van der Waals surface area contributed by atoms with Crippen molar-refractivity contribution in [2.75, 3.05) is 19.4 Å². The van der Waals surface area contributed by atoms with E-state index in [-0.39, 0.29) is 12.0 Å². The standard InChI is InChI=1S/C27H35NO6S/c1-16-6-9-21(15-22(16)14-20-7-10-23(11-8-20)31-13-12-28)24-17(2)25(32-18(3)29)26(33-19(4)30)27(34-24)35-5/h6-11,15,17,24-27H,12-14,28H2,1-5H3/t17-,24+,25+,26-,27+/m0/s1. The molecule has 0 saturated carbocycles. The monoisotopic (exact) mass is 501 g/mol. The Morgan fingerprint density at radius 1 is 1.03 bits per heavy atom. The Balaban J connectivity index is 1.86. The van der Waals surface area contributed by atoms with Gasteiger partial charge in [0.1, 0.15) is 23.9 Å². The summed E-state index contributed by atoms with van der Waals surface area (Å²) in [5.74, 6) is -0.266. The van der Waals surface area contributed by atoms with Crippen LogP contribution in [0.3, 0.4) is 0 Å². The summed E-state index contributed by atoms with van der Waals surface area (Å²) >= 11 is 1.43. The molecule has 7 nitrogen and oxygen atoms in total. The van der Waals surface area contributed by atoms with Crippen LogP contribution in [0.1, 0.15) is 49.1 Å². The molecule has 190 valence electrons. The summed E-state index contributed by atoms with van der Waals surface area (Å²) in [5, 5.41) is 0. The fraction of sp³-hybridized carbons (Fsp3) is 0.481. The van der Waals surface area contributed by atoms with Crippen LogP contribution in [-0.2, 0) is 30.2 Å². The Hall–Kier alpha value is -2.55. The van der Waals surface area contributed by atoms with Gasteiger partial charge in [-0.3, -0.25) is 9.59 Å². The smallest absolute Gasteiger partial charge is 0.303 e. The largest absolute Gasteiger partial charge is 0.492 e. The van der Waals surface area contributed by atoms with Crippen molar-refractivity contribution in [3.8, 4) is 5.75 Å². The van der Waals surface area contributed by atoms with Gasteiger partial charge in [0.25, 0.3) is 0 Å². The number of hydrogen-bond donors (Lipinski definition) is 1. The van der Waals surface area contributed by atoms with Crippen molar-refractivity contribution < 1.29 is 28.5 Å². The lowest BCUT2D eigenvalue weighted by molar-refractivity contribution is -0.208. The summed E-state index contributed by atoms with van der Waals surface area (Å²) in [6.07, 6.45) is 1.03. The highest BCUT2D eigenvalue weighted by Crippen LogP contribution is 2.42. The van der Waals surface area contributed by atoms with E-state index in [2.05, 4.69) is 37.3 Å². The summed E-state index contributed by atoms with van der Waals surface area (Å²) in [7, 11) is 0. The minimum absolute atomic E-state index is 0.221. The molecule has 0 bridgehead atoms. The average molecular weight is 502 g/mol. The highest BCUT2D eigenvalue weighted by Gasteiger charge is 2.48. The van der Waals surface area contributed by atoms with E-state index >= 15 is 0 Å². The quantitative estimate of drug-likeness (QED) is 0.511. The zero-order valence-corrected chi connectivity index (χ0v) is 21.8. The molecule has 5 atom stereocenters. The Labute approximate surface area is 211 Å². The molecule has 0 amide bonds. The molecule has 0 unspecified atom stereocenters. The Bertz CT molecular complexity index is 1010. The summed E-state index contributed by atoms with van der Waals surface area (Å²) in [6.45, 7) is 7.74. The lowest BCUT2D eigenvalue weighted by Gasteiger charge is -2.44. The number of esters is 2. The molecule has 3 rings (SSSR count). The van der Waals surface area contributed by atoms with E-state index in [9.17, 15) is 9.59 Å². The first-order valence-corrected chi connectivity index (χ1v) is 13.1. The molecule has 0 aliphatic carbocycles. The van der Waals surface area contributed by atoms with Crippen LogP contribution < -0.4 is 10.5 Å². The van der Waals surface area contributed by atoms with Gasteiger partial charge in [-0.1, -0.05) is 37.3 Å². The lowest BCUT2D eigenvalue weighted by Crippen LogP contribution is -2.52. The molecule has 1 fully saturated rings. The van der Waals surface area contributed by atoms with E-state index in [1.54, 1.807) is 0 Å². The molecule has 1 aliphatic heterocycles. The normalized spacial score (nSPS) is 24.0. The van der Waals surface area contributed by atoms with Crippen molar-refractivity contribution in [2.24, 2.45) is 11.7 Å². The topological polar surface area (TPSA) is 97.1 Å². The summed E-state index contributed by atoms with van der Waals surface area (Å²) in [6, 6.07) is 14.3. The molecule has 2 N–H and O–H groups in total. The lowest BCUT2D eigenvalue weighted by atomic mass is 9.85. The minimum atomic E-state index is -0.678. The molecule has 8 heteroatoms. The van der Waals surface area contributed by atoms with E-state index < -0.39 is 29.6 Å². The molecule has 1 aliphatic rings. The Morgan fingerprint density at radius 3 is 2.29 bits per heavy atom. The van der Waals surface area contributed by atoms with Gasteiger partial charge in [0.2, 0.25) is 0 Å². The number of thioether (sulfide) groups is 1. The number of benzene rings is 2. The molecular formula is C27H35NO6S. The highest BCUT2D eigenvalue weighted by atomic mass is 32.2. The minimum Gasteiger partial charge on any atom is -0.492 e. The van der Waals surface area contributed by atoms with E-state index in [0.717, 1.165) is 23.3 Å². The second-order valence-electron chi connectivity index (χ2n) is 8.81. The zero-order chi connectivity index (χ0) is 25.5. The van der Waals surface area contributed by atoms with Gasteiger partial charge < -0.3 is 24.7 Å². The molecule has 0 spiro atoms. The third kappa shape index (κ3) is 6.99. The van der Waals surface area contributed by atoms with Gasteiger partial charge >= 0.3 is 11.9 Å². The molecule has 2 aromatic carbocycles. The number of ether oxygens (including phenoxy) is 4. The molecule has 0 aromatic heterocycles. The zero-order valence-electron chi connectivity index (χ0n) is 21.0. The van der Waals surface area contributed by atoms with Crippen molar-refractivity contribution in [3.63, 3.8) is 0 Å². The second kappa shape index (κ2) is 12.4. The predicted molar refractivity (Wildman–Crippen MR) is 136 cm³/mol. The van der Waals surface area contributed by atoms with Crippen molar-refractivity contribution >= 4 is 23.7 Å². The Morgan fingerprint density at radius 2 is 1.69 bits per heavy atom. The first-order chi connectivity index (χ1) is 16.7. The van der Waals surface area contributed by atoms with Crippen molar-refractivity contribution in [1.82, 2.24) is 0 Å². The molecule has 2 aromatic rings. The van der Waals surface area contributed by atoms with Gasteiger partial charge in [-0.15, -0.1) is 11.8 Å². The van der Waals surface area contributed by atoms with Crippen LogP contribution in [0.2, 0.25) is 0 Å². The maximum atomic E-state index is 11.9. The Kier molecular flexibility index (Phi) is 9.60. The summed E-state index contributed by atoms with van der Waals surface area (Å²) in [5.41, 5.74) is 9.56. The van der Waals surface area contributed by atoms with Crippen LogP contribution in [0.25, 0.3) is 0 Å². The van der Waals surface area contributed by atoms with E-state index in [1.807, 2.05) is 25.3 Å². The van der Waals surface area contributed by atoms with Crippen LogP contribution >= 0.6 is 11.8 Å². The molecular weight excluding hydrogens is 466 g/mol. The molecule has 35 heavy (non-hydrogen) atoms. The van der Waals surface area contributed by atoms with Gasteiger partial charge in [0, 0.05) is 26.3 Å². The first-order valence-electron chi connectivity index (χ1n) is 11.8. The average Bonchev–Trinajstić information content (AvgIpc) is 2.82. The van der Waals surface area contributed by atoms with Gasteiger partial charge in [-0.2, -0.15) is 0 Å². The highest BCUT2D eigenvalue weighted by molar-refractivity contribution is 7.99. The van der Waals surface area contributed by atoms with Crippen LogP contribution in [0.4, 0.5) is 0 Å². The summed E-state index contributed by atoms with van der Waals surface area (Å²) in [4.78, 5) is 23.6. The van der Waals surface area contributed by atoms with Crippen molar-refractivity contribution in [1.29, 1.82) is 0 Å². The fourth-order valence-electron chi connectivity index (χ4n) is 4.38. The van der Waals surface area contributed by atoms with Gasteiger partial charge in [-0.05, 0) is 54.0 Å². The van der Waals surface area contributed by atoms with E-state index in [4.69, 9.17) is 24.7 Å². The number of aryl methyl sites for hydroxylation is 1. The van der Waals surface area contributed by atoms with Gasteiger partial charge in [0.15, 0.2) is 6.10 Å². The third-order valence-electron chi connectivity index (χ3n) is 6.11. The second-order valence-corrected chi connectivity index (χ2v) is 9.75. The number of rotatable bonds is 9. The SMILES string of the molecule is CS[C@H]1O[C@@H](c2ccc(C)c(Cc3ccc(OCCN)cc3)c2)[C@H](C)[C@@H](OC(C)=O)[C@@H]1OC(C)=O. The molecule has 0 radical (unpaired) electrons. The number of carbonyl (C=O) groups excluding carboxylic acids is 2. The predicted octanol–water partition coefficient (Wildman–Crippen LogP) is 4.18. The number of hydrogen-bond acceptors (Lipinski definition) is 8. The fourth-order valence-corrected chi connectivity index (χ4v) is 5.09. The van der Waals surface area contributed by atoms with Crippen molar-refractivity contribution in [2.45, 2.75) is 57.9 Å². The molecule has 1 saturated heterocycles. The maximum Gasteiger partial charge on any atom is 0.303 e. The summed E-state index contributed by atoms with van der Waals surface area (Å²) < 4.78 is 23.2. The van der Waals surface area contributed by atoms with Crippen LogP contribution in [0.15, 0.2) is 42.5 Å². The number of nitrogens with two attached hydrogens (primary N) is 1. The van der Waals surface area contributed by atoms with Crippen LogP contribution in [0, 0.1) is 12.8 Å². The first kappa shape index (κ1) is 27.0. The van der Waals surface area contributed by atoms with E-state index in [1.165, 1.54) is 36.7 Å². The van der Waals surface area contributed by atoms with E-state index in [0.29, 0.717) is 13.2 Å². The third-order valence-corrected chi connectivity index (χ3v) is 6.96. The number of carbonyl (C=O) groups is 2. The van der Waals surface area contributed by atoms with Crippen LogP contribution in [0.5, 0.6) is 5.75 Å².